The Balaban J connectivity index is 2.68. The summed E-state index contributed by atoms with van der Waals surface area (Å²) < 4.78 is 28.7. The van der Waals surface area contributed by atoms with Gasteiger partial charge in [0.1, 0.15) is 0 Å². The van der Waals surface area contributed by atoms with Gasteiger partial charge in [0.05, 0.1) is 16.3 Å². The van der Waals surface area contributed by atoms with Crippen molar-refractivity contribution in [3.63, 3.8) is 0 Å². The lowest BCUT2D eigenvalue weighted by Crippen LogP contribution is -2.10. The number of sulfone groups is 1. The van der Waals surface area contributed by atoms with Crippen molar-refractivity contribution in [3.8, 4) is 0 Å². The van der Waals surface area contributed by atoms with Gasteiger partial charge < -0.3 is 10.5 Å². The normalized spacial score (nSPS) is 11.6. The molecule has 0 radical (unpaired) electrons. The van der Waals surface area contributed by atoms with E-state index in [1.807, 2.05) is 0 Å². The Hall–Kier alpha value is -1.07. The monoisotopic (exact) mass is 243 g/mol. The minimum absolute atomic E-state index is 0.116. The second-order valence-corrected chi connectivity index (χ2v) is 5.63. The van der Waals surface area contributed by atoms with Crippen LogP contribution in [-0.4, -0.2) is 27.9 Å². The Labute approximate surface area is 96.3 Å². The molecule has 5 heteroatoms. The fraction of sp³-hybridized carbons (Fsp3) is 0.455. The van der Waals surface area contributed by atoms with E-state index in [1.165, 1.54) is 0 Å². The predicted octanol–water partition coefficient (Wildman–Crippen LogP) is 1.47. The number of rotatable bonds is 6. The van der Waals surface area contributed by atoms with Gasteiger partial charge in [0.2, 0.25) is 0 Å². The topological polar surface area (TPSA) is 69.4 Å². The highest BCUT2D eigenvalue weighted by Crippen LogP contribution is 2.19. The lowest BCUT2D eigenvalue weighted by molar-refractivity contribution is 0.194. The van der Waals surface area contributed by atoms with Crippen molar-refractivity contribution < 1.29 is 13.2 Å². The molecule has 0 fully saturated rings. The Bertz CT molecular complexity index is 429. The zero-order valence-electron chi connectivity index (χ0n) is 9.35. The molecular formula is C11H17NO3S. The minimum atomic E-state index is -3.25. The highest BCUT2D eigenvalue weighted by atomic mass is 32.2. The molecule has 0 heterocycles. The summed E-state index contributed by atoms with van der Waals surface area (Å²) in [7, 11) is -1.65. The Kier molecular flexibility index (Phi) is 4.76. The smallest absolute Gasteiger partial charge is 0.180 e. The molecule has 2 N–H and O–H groups in total. The van der Waals surface area contributed by atoms with E-state index < -0.39 is 9.84 Å². The Morgan fingerprint density at radius 1 is 1.25 bits per heavy atom. The predicted molar refractivity (Wildman–Crippen MR) is 64.0 cm³/mol. The average molecular weight is 243 g/mol. The first kappa shape index (κ1) is 13.0. The molecule has 0 saturated carbocycles. The third-order valence-corrected chi connectivity index (χ3v) is 4.13. The Morgan fingerprint density at radius 2 is 1.94 bits per heavy atom. The highest BCUT2D eigenvalue weighted by Gasteiger charge is 2.16. The van der Waals surface area contributed by atoms with Gasteiger partial charge in [0.15, 0.2) is 9.84 Å². The first-order chi connectivity index (χ1) is 7.58. The molecule has 0 aromatic heterocycles. The van der Waals surface area contributed by atoms with Gasteiger partial charge in [-0.15, -0.1) is 0 Å². The second kappa shape index (κ2) is 5.86. The van der Waals surface area contributed by atoms with Crippen LogP contribution in [0.25, 0.3) is 0 Å². The number of hydrogen-bond acceptors (Lipinski definition) is 4. The van der Waals surface area contributed by atoms with E-state index >= 15 is 0 Å². The molecule has 0 aliphatic rings. The van der Waals surface area contributed by atoms with E-state index in [1.54, 1.807) is 31.4 Å². The van der Waals surface area contributed by atoms with Crippen molar-refractivity contribution in [2.24, 2.45) is 0 Å². The first-order valence-electron chi connectivity index (χ1n) is 5.14. The van der Waals surface area contributed by atoms with Crippen LogP contribution in [0.3, 0.4) is 0 Å². The number of unbranched alkanes of at least 4 members (excludes halogenated alkanes) is 1. The summed E-state index contributed by atoms with van der Waals surface area (Å²) in [6, 6.07) is 6.54. The lowest BCUT2D eigenvalue weighted by atomic mass is 10.3. The molecule has 90 valence electrons. The third kappa shape index (κ3) is 3.50. The first-order valence-corrected chi connectivity index (χ1v) is 6.79. The number of nitrogens with two attached hydrogens (primary N) is 1. The molecule has 0 aliphatic carbocycles. The van der Waals surface area contributed by atoms with Gasteiger partial charge in [-0.1, -0.05) is 12.1 Å². The van der Waals surface area contributed by atoms with Gasteiger partial charge in [-0.05, 0) is 25.0 Å². The van der Waals surface area contributed by atoms with Crippen molar-refractivity contribution in [3.05, 3.63) is 24.3 Å². The van der Waals surface area contributed by atoms with E-state index in [9.17, 15) is 8.42 Å². The van der Waals surface area contributed by atoms with Gasteiger partial charge in [0.25, 0.3) is 0 Å². The molecular weight excluding hydrogens is 226 g/mol. The summed E-state index contributed by atoms with van der Waals surface area (Å²) in [6.45, 7) is 0.583. The molecule has 0 aliphatic heterocycles. The van der Waals surface area contributed by atoms with E-state index in [-0.39, 0.29) is 10.6 Å². The fourth-order valence-electron chi connectivity index (χ4n) is 1.41. The van der Waals surface area contributed by atoms with Crippen LogP contribution in [0.2, 0.25) is 0 Å². The molecule has 0 amide bonds. The van der Waals surface area contributed by atoms with Gasteiger partial charge in [-0.2, -0.15) is 0 Å². The van der Waals surface area contributed by atoms with Crippen molar-refractivity contribution in [1.29, 1.82) is 0 Å². The van der Waals surface area contributed by atoms with Crippen LogP contribution in [0.1, 0.15) is 12.8 Å². The molecule has 1 rings (SSSR count). The van der Waals surface area contributed by atoms with Crippen LogP contribution in [0.15, 0.2) is 29.2 Å². The molecule has 0 bridgehead atoms. The van der Waals surface area contributed by atoms with Gasteiger partial charge in [0, 0.05) is 13.7 Å². The third-order valence-electron chi connectivity index (χ3n) is 2.27. The highest BCUT2D eigenvalue weighted by molar-refractivity contribution is 7.91. The number of anilines is 1. The fourth-order valence-corrected chi connectivity index (χ4v) is 2.93. The summed E-state index contributed by atoms with van der Waals surface area (Å²) in [4.78, 5) is 0.229. The number of hydrogen-bond donors (Lipinski definition) is 1. The van der Waals surface area contributed by atoms with E-state index in [0.717, 1.165) is 6.42 Å². The summed E-state index contributed by atoms with van der Waals surface area (Å²) in [5, 5.41) is 0. The standard InChI is InChI=1S/C11H17NO3S/c1-15-8-4-5-9-16(13,14)11-7-3-2-6-10(11)12/h2-3,6-7H,4-5,8-9,12H2,1H3. The maximum Gasteiger partial charge on any atom is 0.180 e. The van der Waals surface area contributed by atoms with Crippen LogP contribution in [0, 0.1) is 0 Å². The summed E-state index contributed by atoms with van der Waals surface area (Å²) in [5.41, 5.74) is 5.95. The second-order valence-electron chi connectivity index (χ2n) is 3.56. The molecule has 1 aromatic carbocycles. The largest absolute Gasteiger partial charge is 0.398 e. The van der Waals surface area contributed by atoms with Crippen molar-refractivity contribution >= 4 is 15.5 Å². The zero-order valence-corrected chi connectivity index (χ0v) is 10.2. The maximum absolute atomic E-state index is 11.9. The molecule has 1 aromatic rings. The maximum atomic E-state index is 11.9. The molecule has 0 atom stereocenters. The van der Waals surface area contributed by atoms with Crippen LogP contribution < -0.4 is 5.73 Å². The minimum Gasteiger partial charge on any atom is -0.398 e. The van der Waals surface area contributed by atoms with Gasteiger partial charge >= 0.3 is 0 Å². The van der Waals surface area contributed by atoms with Crippen LogP contribution in [0.4, 0.5) is 5.69 Å². The SMILES string of the molecule is COCCCCS(=O)(=O)c1ccccc1N. The van der Waals surface area contributed by atoms with Gasteiger partial charge in [-0.25, -0.2) is 8.42 Å². The summed E-state index contributed by atoms with van der Waals surface area (Å²) >= 11 is 0. The van der Waals surface area contributed by atoms with E-state index in [2.05, 4.69) is 0 Å². The van der Waals surface area contributed by atoms with E-state index in [0.29, 0.717) is 18.7 Å². The molecule has 0 spiro atoms. The quantitative estimate of drug-likeness (QED) is 0.606. The summed E-state index contributed by atoms with van der Waals surface area (Å²) in [6.07, 6.45) is 1.33. The lowest BCUT2D eigenvalue weighted by Gasteiger charge is -2.06. The zero-order chi connectivity index (χ0) is 12.0. The van der Waals surface area contributed by atoms with Crippen molar-refractivity contribution in [1.82, 2.24) is 0 Å². The molecule has 4 nitrogen and oxygen atoms in total. The summed E-state index contributed by atoms with van der Waals surface area (Å²) in [5.74, 6) is 0.116. The van der Waals surface area contributed by atoms with Crippen molar-refractivity contribution in [2.45, 2.75) is 17.7 Å². The number of methoxy groups -OCH3 is 1. The van der Waals surface area contributed by atoms with Crippen LogP contribution >= 0.6 is 0 Å². The van der Waals surface area contributed by atoms with E-state index in [4.69, 9.17) is 10.5 Å². The molecule has 16 heavy (non-hydrogen) atoms. The van der Waals surface area contributed by atoms with Crippen LogP contribution in [-0.2, 0) is 14.6 Å². The molecule has 0 unspecified atom stereocenters. The average Bonchev–Trinajstić information content (AvgIpc) is 2.25. The Morgan fingerprint density at radius 3 is 2.56 bits per heavy atom. The number of ether oxygens (including phenoxy) is 1. The van der Waals surface area contributed by atoms with Crippen molar-refractivity contribution in [2.75, 3.05) is 25.2 Å². The number of para-hydroxylation sites is 1. The van der Waals surface area contributed by atoms with Gasteiger partial charge in [-0.3, -0.25) is 0 Å². The number of nitrogen functional groups attached to an aromatic ring is 1. The van der Waals surface area contributed by atoms with Crippen LogP contribution in [0.5, 0.6) is 0 Å². The molecule has 0 saturated heterocycles. The number of benzene rings is 1.